The Morgan fingerprint density at radius 3 is 2.78 bits per heavy atom. The Bertz CT molecular complexity index is 468. The first-order valence-electron chi connectivity index (χ1n) is 5.83. The molecule has 0 atom stereocenters. The maximum Gasteiger partial charge on any atom is 0.239 e. The van der Waals surface area contributed by atoms with Gasteiger partial charge in [0.25, 0.3) is 0 Å². The summed E-state index contributed by atoms with van der Waals surface area (Å²) in [5.74, 6) is -0.572. The second-order valence-electron chi connectivity index (χ2n) is 3.74. The molecular weight excluding hydrogens is 233 g/mol. The maximum absolute atomic E-state index is 13.0. The van der Waals surface area contributed by atoms with E-state index in [9.17, 15) is 9.18 Å². The highest BCUT2D eigenvalue weighted by Crippen LogP contribution is 2.20. The smallest absolute Gasteiger partial charge is 0.239 e. The third kappa shape index (κ3) is 3.45. The lowest BCUT2D eigenvalue weighted by atomic mass is 10.1. The van der Waals surface area contributed by atoms with Crippen LogP contribution in [0.15, 0.2) is 18.2 Å². The molecule has 0 fully saturated rings. The molecule has 0 saturated heterocycles. The molecule has 0 aromatic heterocycles. The second-order valence-corrected chi connectivity index (χ2v) is 3.74. The number of carbonyl (C=O) groups is 1. The summed E-state index contributed by atoms with van der Waals surface area (Å²) in [5.41, 5.74) is 0.814. The zero-order chi connectivity index (χ0) is 13.5. The van der Waals surface area contributed by atoms with Gasteiger partial charge in [0.1, 0.15) is 11.9 Å². The van der Waals surface area contributed by atoms with E-state index in [1.54, 1.807) is 4.90 Å². The molecular formula is C13H16FN3O. The van der Waals surface area contributed by atoms with Crippen molar-refractivity contribution in [3.05, 3.63) is 29.6 Å². The van der Waals surface area contributed by atoms with E-state index >= 15 is 0 Å². The Kier molecular flexibility index (Phi) is 5.12. The molecule has 5 heteroatoms. The first-order valence-corrected chi connectivity index (χ1v) is 5.83. The Morgan fingerprint density at radius 1 is 1.50 bits per heavy atom. The number of amides is 1. The minimum absolute atomic E-state index is 0.118. The normalized spacial score (nSPS) is 9.67. The number of hydrogen-bond donors (Lipinski definition) is 1. The molecule has 0 saturated carbocycles. The molecule has 0 aliphatic carbocycles. The molecule has 18 heavy (non-hydrogen) atoms. The molecule has 4 nitrogen and oxygen atoms in total. The molecule has 0 radical (unpaired) electrons. The van der Waals surface area contributed by atoms with Gasteiger partial charge in [-0.2, -0.15) is 5.26 Å². The zero-order valence-corrected chi connectivity index (χ0v) is 10.5. The summed E-state index contributed by atoms with van der Waals surface area (Å²) in [6.45, 7) is 5.00. The van der Waals surface area contributed by atoms with Crippen LogP contribution >= 0.6 is 0 Å². The molecule has 0 aliphatic heterocycles. The average Bonchev–Trinajstić information content (AvgIpc) is 2.36. The Balaban J connectivity index is 2.95. The maximum atomic E-state index is 13.0. The molecule has 0 unspecified atom stereocenters. The first-order chi connectivity index (χ1) is 8.62. The minimum Gasteiger partial charge on any atom is -0.361 e. The van der Waals surface area contributed by atoms with Crippen molar-refractivity contribution in [1.82, 2.24) is 5.32 Å². The van der Waals surface area contributed by atoms with Crippen molar-refractivity contribution in [3.63, 3.8) is 0 Å². The molecule has 1 N–H and O–H groups in total. The van der Waals surface area contributed by atoms with Crippen molar-refractivity contribution in [3.8, 4) is 6.07 Å². The predicted molar refractivity (Wildman–Crippen MR) is 67.7 cm³/mol. The standard InChI is InChI=1S/C13H16FN3O/c1-3-16-13(18)9-17(4-2)12-6-5-11(14)7-10(12)8-15/h5-7H,3-4,9H2,1-2H3,(H,16,18). The third-order valence-corrected chi connectivity index (χ3v) is 2.51. The highest BCUT2D eigenvalue weighted by atomic mass is 19.1. The third-order valence-electron chi connectivity index (χ3n) is 2.51. The molecule has 0 aliphatic rings. The number of benzene rings is 1. The minimum atomic E-state index is -0.454. The van der Waals surface area contributed by atoms with Gasteiger partial charge in [-0.3, -0.25) is 4.79 Å². The van der Waals surface area contributed by atoms with E-state index in [1.807, 2.05) is 19.9 Å². The van der Waals surface area contributed by atoms with Crippen molar-refractivity contribution >= 4 is 11.6 Å². The van der Waals surface area contributed by atoms with E-state index in [-0.39, 0.29) is 18.0 Å². The fourth-order valence-electron chi connectivity index (χ4n) is 1.67. The van der Waals surface area contributed by atoms with Crippen LogP contribution < -0.4 is 10.2 Å². The molecule has 1 rings (SSSR count). The fraction of sp³-hybridized carbons (Fsp3) is 0.385. The van der Waals surface area contributed by atoms with Crippen molar-refractivity contribution in [2.24, 2.45) is 0 Å². The van der Waals surface area contributed by atoms with Crippen LogP contribution in [-0.2, 0) is 4.79 Å². The number of anilines is 1. The van der Waals surface area contributed by atoms with Crippen LogP contribution in [0.25, 0.3) is 0 Å². The van der Waals surface area contributed by atoms with Crippen molar-refractivity contribution in [2.45, 2.75) is 13.8 Å². The number of halogens is 1. The lowest BCUT2D eigenvalue weighted by Gasteiger charge is -2.23. The molecule has 1 amide bonds. The quantitative estimate of drug-likeness (QED) is 0.863. The van der Waals surface area contributed by atoms with Crippen molar-refractivity contribution < 1.29 is 9.18 Å². The first kappa shape index (κ1) is 14.0. The number of hydrogen-bond acceptors (Lipinski definition) is 3. The summed E-state index contributed by atoms with van der Waals surface area (Å²) < 4.78 is 13.0. The van der Waals surface area contributed by atoms with Gasteiger partial charge in [-0.1, -0.05) is 0 Å². The number of rotatable bonds is 5. The molecule has 1 aromatic carbocycles. The van der Waals surface area contributed by atoms with Crippen LogP contribution in [0.2, 0.25) is 0 Å². The van der Waals surface area contributed by atoms with Crippen molar-refractivity contribution in [1.29, 1.82) is 5.26 Å². The zero-order valence-electron chi connectivity index (χ0n) is 10.5. The van der Waals surface area contributed by atoms with Gasteiger partial charge in [0, 0.05) is 13.1 Å². The van der Waals surface area contributed by atoms with Gasteiger partial charge >= 0.3 is 0 Å². The van der Waals surface area contributed by atoms with Gasteiger partial charge in [0.15, 0.2) is 0 Å². The lowest BCUT2D eigenvalue weighted by Crippen LogP contribution is -2.37. The van der Waals surface area contributed by atoms with Crippen molar-refractivity contribution in [2.75, 3.05) is 24.5 Å². The SMILES string of the molecule is CCNC(=O)CN(CC)c1ccc(F)cc1C#N. The molecule has 96 valence electrons. The molecule has 1 aromatic rings. The van der Waals surface area contributed by atoms with E-state index in [0.717, 1.165) is 0 Å². The van der Waals surface area contributed by atoms with E-state index in [4.69, 9.17) is 5.26 Å². The van der Waals surface area contributed by atoms with Crippen LogP contribution in [0.4, 0.5) is 10.1 Å². The summed E-state index contributed by atoms with van der Waals surface area (Å²) in [7, 11) is 0. The van der Waals surface area contributed by atoms with Gasteiger partial charge < -0.3 is 10.2 Å². The molecule has 0 heterocycles. The van der Waals surface area contributed by atoms with Gasteiger partial charge in [0.2, 0.25) is 5.91 Å². The fourth-order valence-corrected chi connectivity index (χ4v) is 1.67. The van der Waals surface area contributed by atoms with Crippen LogP contribution in [-0.4, -0.2) is 25.5 Å². The number of nitrogens with zero attached hydrogens (tertiary/aromatic N) is 2. The van der Waals surface area contributed by atoms with Crippen LogP contribution in [0.5, 0.6) is 0 Å². The highest BCUT2D eigenvalue weighted by Gasteiger charge is 2.13. The van der Waals surface area contributed by atoms with E-state index in [2.05, 4.69) is 5.32 Å². The van der Waals surface area contributed by atoms with Gasteiger partial charge in [-0.05, 0) is 32.0 Å². The van der Waals surface area contributed by atoms with E-state index in [0.29, 0.717) is 18.8 Å². The summed E-state index contributed by atoms with van der Waals surface area (Å²) in [4.78, 5) is 13.3. The van der Waals surface area contributed by atoms with Crippen LogP contribution in [0.1, 0.15) is 19.4 Å². The number of likely N-dealkylation sites (N-methyl/N-ethyl adjacent to an activating group) is 2. The number of nitrogens with one attached hydrogen (secondary N) is 1. The second kappa shape index (κ2) is 6.60. The van der Waals surface area contributed by atoms with E-state index in [1.165, 1.54) is 18.2 Å². The predicted octanol–water partition coefficient (Wildman–Crippen LogP) is 1.66. The largest absolute Gasteiger partial charge is 0.361 e. The molecule has 0 bridgehead atoms. The Morgan fingerprint density at radius 2 is 2.22 bits per heavy atom. The lowest BCUT2D eigenvalue weighted by molar-refractivity contribution is -0.119. The molecule has 0 spiro atoms. The van der Waals surface area contributed by atoms with Gasteiger partial charge in [0.05, 0.1) is 17.8 Å². The summed E-state index contributed by atoms with van der Waals surface area (Å²) in [6.07, 6.45) is 0. The Hall–Kier alpha value is -2.09. The monoisotopic (exact) mass is 249 g/mol. The number of nitriles is 1. The summed E-state index contributed by atoms with van der Waals surface area (Å²) in [5, 5.41) is 11.7. The average molecular weight is 249 g/mol. The highest BCUT2D eigenvalue weighted by molar-refractivity contribution is 5.81. The summed E-state index contributed by atoms with van der Waals surface area (Å²) in [6, 6.07) is 5.93. The topological polar surface area (TPSA) is 56.1 Å². The summed E-state index contributed by atoms with van der Waals surface area (Å²) >= 11 is 0. The van der Waals surface area contributed by atoms with Gasteiger partial charge in [-0.25, -0.2) is 4.39 Å². The Labute approximate surface area is 106 Å². The van der Waals surface area contributed by atoms with Crippen LogP contribution in [0, 0.1) is 17.1 Å². The number of carbonyl (C=O) groups excluding carboxylic acids is 1. The van der Waals surface area contributed by atoms with E-state index < -0.39 is 5.82 Å². The van der Waals surface area contributed by atoms with Crippen LogP contribution in [0.3, 0.4) is 0 Å². The van der Waals surface area contributed by atoms with Gasteiger partial charge in [-0.15, -0.1) is 0 Å².